The smallest absolute Gasteiger partial charge is 0.203 e. The van der Waals surface area contributed by atoms with Crippen molar-refractivity contribution in [3.63, 3.8) is 0 Å². The fourth-order valence-electron chi connectivity index (χ4n) is 4.30. The van der Waals surface area contributed by atoms with Crippen LogP contribution in [0, 0.1) is 0 Å². The number of methoxy groups -OCH3 is 6. The molecule has 2 rings (SSSR count). The maximum Gasteiger partial charge on any atom is 0.203 e. The van der Waals surface area contributed by atoms with Crippen LogP contribution in [0.1, 0.15) is 36.1 Å². The number of hydrogen-bond donors (Lipinski definition) is 0. The van der Waals surface area contributed by atoms with E-state index in [2.05, 4.69) is 0 Å². The van der Waals surface area contributed by atoms with Crippen molar-refractivity contribution < 1.29 is 33.2 Å². The second kappa shape index (κ2) is 13.2. The van der Waals surface area contributed by atoms with Gasteiger partial charge in [0.1, 0.15) is 5.78 Å². The van der Waals surface area contributed by atoms with Crippen molar-refractivity contribution in [3.05, 3.63) is 35.4 Å². The third kappa shape index (κ3) is 6.53. The van der Waals surface area contributed by atoms with Gasteiger partial charge in [0.05, 0.1) is 42.7 Å². The highest BCUT2D eigenvalue weighted by Gasteiger charge is 2.27. The summed E-state index contributed by atoms with van der Waals surface area (Å²) >= 11 is 0. The Labute approximate surface area is 214 Å². The number of Topliss-reactive ketones (excluding diaryl/α,β-unsaturated/α-hetero) is 1. The van der Waals surface area contributed by atoms with Gasteiger partial charge in [-0.05, 0) is 63.6 Å². The van der Waals surface area contributed by atoms with Crippen LogP contribution < -0.4 is 28.4 Å². The molecule has 2 aromatic rings. The van der Waals surface area contributed by atoms with Crippen LogP contribution in [0.2, 0.25) is 0 Å². The molecule has 0 aromatic heterocycles. The second-order valence-electron chi connectivity index (χ2n) is 8.82. The molecule has 0 aliphatic rings. The molecule has 0 aliphatic carbocycles. The lowest BCUT2D eigenvalue weighted by atomic mass is 9.93. The molecule has 36 heavy (non-hydrogen) atoms. The van der Waals surface area contributed by atoms with E-state index in [1.807, 2.05) is 62.3 Å². The number of benzene rings is 2. The molecule has 9 nitrogen and oxygen atoms in total. The van der Waals surface area contributed by atoms with E-state index in [4.69, 9.17) is 28.4 Å². The molecule has 200 valence electrons. The van der Waals surface area contributed by atoms with Crippen molar-refractivity contribution >= 4 is 5.78 Å². The summed E-state index contributed by atoms with van der Waals surface area (Å²) in [5.41, 5.74) is 1.80. The summed E-state index contributed by atoms with van der Waals surface area (Å²) in [7, 11) is 17.2. The van der Waals surface area contributed by atoms with E-state index in [0.29, 0.717) is 47.3 Å². The summed E-state index contributed by atoms with van der Waals surface area (Å²) < 4.78 is 33.0. The van der Waals surface area contributed by atoms with Crippen LogP contribution in [-0.2, 0) is 4.79 Å². The topological polar surface area (TPSA) is 78.9 Å². The zero-order chi connectivity index (χ0) is 27.0. The molecule has 2 atom stereocenters. The maximum atomic E-state index is 13.5. The van der Waals surface area contributed by atoms with Crippen LogP contribution in [0.5, 0.6) is 34.5 Å². The van der Waals surface area contributed by atoms with Gasteiger partial charge in [-0.3, -0.25) is 4.79 Å². The van der Waals surface area contributed by atoms with Crippen LogP contribution in [0.25, 0.3) is 0 Å². The van der Waals surface area contributed by atoms with E-state index in [1.54, 1.807) is 42.7 Å². The second-order valence-corrected chi connectivity index (χ2v) is 8.82. The molecular formula is C27H40N2O7. The number of nitrogens with zero attached hydrogens (tertiary/aromatic N) is 2. The third-order valence-electron chi connectivity index (χ3n) is 6.23. The minimum absolute atomic E-state index is 0.106. The largest absolute Gasteiger partial charge is 0.493 e. The Bertz CT molecular complexity index is 894. The molecule has 0 fully saturated rings. The van der Waals surface area contributed by atoms with Crippen LogP contribution in [0.4, 0.5) is 0 Å². The number of carbonyl (C=O) groups excluding carboxylic acids is 1. The predicted molar refractivity (Wildman–Crippen MR) is 139 cm³/mol. The van der Waals surface area contributed by atoms with Crippen LogP contribution >= 0.6 is 0 Å². The van der Waals surface area contributed by atoms with Gasteiger partial charge in [-0.2, -0.15) is 0 Å². The zero-order valence-electron chi connectivity index (χ0n) is 23.1. The molecule has 0 aliphatic heterocycles. The van der Waals surface area contributed by atoms with Crippen molar-refractivity contribution in [2.75, 3.05) is 70.8 Å². The molecule has 0 amide bonds. The molecule has 0 N–H and O–H groups in total. The molecule has 0 bridgehead atoms. The SMILES string of the molecule is COc1cc(C(CC(=O)CC(c2cc(OC)c(OC)c(OC)c2)N(C)C)N(C)C)cc(OC)c1OC. The van der Waals surface area contributed by atoms with Crippen molar-refractivity contribution in [1.82, 2.24) is 9.80 Å². The van der Waals surface area contributed by atoms with Gasteiger partial charge >= 0.3 is 0 Å². The summed E-state index contributed by atoms with van der Waals surface area (Å²) in [6.07, 6.45) is 0.612. The Hall–Kier alpha value is -3.17. The molecule has 2 unspecified atom stereocenters. The van der Waals surface area contributed by atoms with Gasteiger partial charge in [0.2, 0.25) is 11.5 Å². The van der Waals surface area contributed by atoms with Gasteiger partial charge < -0.3 is 38.2 Å². The normalized spacial score (nSPS) is 12.8. The number of hydrogen-bond acceptors (Lipinski definition) is 9. The summed E-state index contributed by atoms with van der Waals surface area (Å²) in [6.45, 7) is 0. The monoisotopic (exact) mass is 504 g/mol. The van der Waals surface area contributed by atoms with E-state index in [1.165, 1.54) is 0 Å². The molecule has 0 saturated carbocycles. The highest BCUT2D eigenvalue weighted by atomic mass is 16.5. The molecule has 0 spiro atoms. The Kier molecular flexibility index (Phi) is 10.7. The number of ketones is 1. The highest BCUT2D eigenvalue weighted by molar-refractivity contribution is 5.80. The number of carbonyl (C=O) groups is 1. The van der Waals surface area contributed by atoms with Crippen molar-refractivity contribution in [2.24, 2.45) is 0 Å². The van der Waals surface area contributed by atoms with E-state index in [9.17, 15) is 4.79 Å². The standard InChI is InChI=1S/C27H40N2O7/c1-28(2)20(17-11-22(31-5)26(35-9)23(12-17)32-6)15-19(30)16-21(29(3)4)18-13-24(33-7)27(36-10)25(14-18)34-8/h11-14,20-21H,15-16H2,1-10H3. The Morgan fingerprint density at radius 2 is 0.861 bits per heavy atom. The number of rotatable bonds is 14. The lowest BCUT2D eigenvalue weighted by Crippen LogP contribution is -2.27. The van der Waals surface area contributed by atoms with E-state index < -0.39 is 0 Å². The summed E-state index contributed by atoms with van der Waals surface area (Å²) in [5, 5.41) is 0. The Morgan fingerprint density at radius 1 is 0.583 bits per heavy atom. The fourth-order valence-corrected chi connectivity index (χ4v) is 4.30. The minimum atomic E-state index is -0.186. The van der Waals surface area contributed by atoms with Gasteiger partial charge in [0, 0.05) is 24.9 Å². The first-order valence-electron chi connectivity index (χ1n) is 11.6. The highest BCUT2D eigenvalue weighted by Crippen LogP contribution is 2.43. The van der Waals surface area contributed by atoms with Crippen LogP contribution in [0.15, 0.2) is 24.3 Å². The minimum Gasteiger partial charge on any atom is -0.493 e. The zero-order valence-corrected chi connectivity index (χ0v) is 23.1. The van der Waals surface area contributed by atoms with Gasteiger partial charge in [-0.25, -0.2) is 0 Å². The first kappa shape index (κ1) is 29.1. The summed E-state index contributed by atoms with van der Waals surface area (Å²) in [6, 6.07) is 7.19. The van der Waals surface area contributed by atoms with Gasteiger partial charge in [-0.15, -0.1) is 0 Å². The maximum absolute atomic E-state index is 13.5. The molecular weight excluding hydrogens is 464 g/mol. The predicted octanol–water partition coefficient (Wildman–Crippen LogP) is 3.99. The lowest BCUT2D eigenvalue weighted by molar-refractivity contribution is -0.121. The first-order chi connectivity index (χ1) is 17.1. The number of ether oxygens (including phenoxy) is 6. The fraction of sp³-hybridized carbons (Fsp3) is 0.519. The van der Waals surface area contributed by atoms with Crippen molar-refractivity contribution in [1.29, 1.82) is 0 Å². The average Bonchev–Trinajstić information content (AvgIpc) is 2.87. The first-order valence-corrected chi connectivity index (χ1v) is 11.6. The molecule has 0 radical (unpaired) electrons. The van der Waals surface area contributed by atoms with Gasteiger partial charge in [0.15, 0.2) is 23.0 Å². The molecule has 2 aromatic carbocycles. The van der Waals surface area contributed by atoms with Crippen molar-refractivity contribution in [3.8, 4) is 34.5 Å². The van der Waals surface area contributed by atoms with Crippen molar-refractivity contribution in [2.45, 2.75) is 24.9 Å². The Morgan fingerprint density at radius 3 is 1.06 bits per heavy atom. The Balaban J connectivity index is 2.38. The molecule has 0 saturated heterocycles. The van der Waals surface area contributed by atoms with Crippen LogP contribution in [-0.4, -0.2) is 86.4 Å². The lowest BCUT2D eigenvalue weighted by Gasteiger charge is -2.28. The van der Waals surface area contributed by atoms with E-state index in [0.717, 1.165) is 11.1 Å². The van der Waals surface area contributed by atoms with Gasteiger partial charge in [-0.1, -0.05) is 0 Å². The summed E-state index contributed by atoms with van der Waals surface area (Å²) in [4.78, 5) is 17.5. The molecule has 9 heteroatoms. The molecule has 0 heterocycles. The van der Waals surface area contributed by atoms with E-state index in [-0.39, 0.29) is 17.9 Å². The van der Waals surface area contributed by atoms with Gasteiger partial charge in [0.25, 0.3) is 0 Å². The van der Waals surface area contributed by atoms with Crippen LogP contribution in [0.3, 0.4) is 0 Å². The summed E-state index contributed by atoms with van der Waals surface area (Å²) in [5.74, 6) is 3.34. The van der Waals surface area contributed by atoms with E-state index >= 15 is 0 Å². The third-order valence-corrected chi connectivity index (χ3v) is 6.23. The quantitative estimate of drug-likeness (QED) is 0.379. The average molecular weight is 505 g/mol.